The average molecular weight is 292 g/mol. The van der Waals surface area contributed by atoms with E-state index in [2.05, 4.69) is 11.9 Å². The van der Waals surface area contributed by atoms with E-state index in [1.54, 1.807) is 0 Å². The molecule has 1 aromatic carbocycles. The van der Waals surface area contributed by atoms with Gasteiger partial charge < -0.3 is 24.8 Å². The molecule has 0 bridgehead atoms. The number of nitrogens with two attached hydrogens (primary N) is 1. The molecule has 0 unspecified atom stereocenters. The summed E-state index contributed by atoms with van der Waals surface area (Å²) in [6.07, 6.45) is 2.34. The van der Waals surface area contributed by atoms with Gasteiger partial charge in [-0.2, -0.15) is 0 Å². The number of hydrogen-bond acceptors (Lipinski definition) is 5. The fourth-order valence-electron chi connectivity index (χ4n) is 2.74. The average Bonchev–Trinajstić information content (AvgIpc) is 2.53. The van der Waals surface area contributed by atoms with Gasteiger partial charge in [0.1, 0.15) is 18.5 Å². The minimum absolute atomic E-state index is 0.0679. The van der Waals surface area contributed by atoms with Crippen molar-refractivity contribution < 1.29 is 14.2 Å². The second-order valence-electron chi connectivity index (χ2n) is 5.95. The molecule has 1 atom stereocenters. The molecule has 116 valence electrons. The molecular weight excluding hydrogens is 268 g/mol. The Morgan fingerprint density at radius 3 is 2.86 bits per heavy atom. The third-order valence-corrected chi connectivity index (χ3v) is 4.22. The Labute approximate surface area is 126 Å². The Balaban J connectivity index is 1.56. The van der Waals surface area contributed by atoms with Gasteiger partial charge >= 0.3 is 0 Å². The van der Waals surface area contributed by atoms with Gasteiger partial charge in [-0.15, -0.1) is 0 Å². The first kappa shape index (κ1) is 14.5. The van der Waals surface area contributed by atoms with Crippen LogP contribution in [-0.4, -0.2) is 50.9 Å². The van der Waals surface area contributed by atoms with Crippen molar-refractivity contribution in [1.29, 1.82) is 0 Å². The molecule has 1 fully saturated rings. The number of rotatable bonds is 4. The van der Waals surface area contributed by atoms with Crippen LogP contribution in [0.15, 0.2) is 18.2 Å². The fraction of sp³-hybridized carbons (Fsp3) is 0.625. The monoisotopic (exact) mass is 292 g/mol. The molecule has 0 spiro atoms. The predicted octanol–water partition coefficient (Wildman–Crippen LogP) is 1.51. The van der Waals surface area contributed by atoms with Gasteiger partial charge in [0.2, 0.25) is 0 Å². The van der Waals surface area contributed by atoms with Gasteiger partial charge in [-0.25, -0.2) is 0 Å². The van der Waals surface area contributed by atoms with E-state index in [4.69, 9.17) is 19.9 Å². The molecular formula is C16H24N2O3. The molecule has 2 aliphatic rings. The molecule has 21 heavy (non-hydrogen) atoms. The van der Waals surface area contributed by atoms with E-state index < -0.39 is 0 Å². The highest BCUT2D eigenvalue weighted by molar-refractivity contribution is 5.46. The standard InChI is InChI=1S/C16H24N2O3/c1-18-6-4-12(5-7-18)10-19-13-2-3-15-16(8-13)21-14(9-17)11-20-15/h2-3,8,12,14H,4-7,9-11,17H2,1H3/t14-/m1/s1. The molecule has 0 amide bonds. The Kier molecular flexibility index (Phi) is 4.51. The van der Waals surface area contributed by atoms with E-state index in [-0.39, 0.29) is 6.10 Å². The summed E-state index contributed by atoms with van der Waals surface area (Å²) in [6.45, 7) is 4.06. The van der Waals surface area contributed by atoms with Gasteiger partial charge in [0, 0.05) is 12.6 Å². The third kappa shape index (κ3) is 3.60. The second kappa shape index (κ2) is 6.54. The van der Waals surface area contributed by atoms with E-state index in [0.717, 1.165) is 36.9 Å². The zero-order chi connectivity index (χ0) is 14.7. The van der Waals surface area contributed by atoms with Crippen LogP contribution in [0.1, 0.15) is 12.8 Å². The maximum Gasteiger partial charge on any atom is 0.165 e. The maximum atomic E-state index is 5.93. The Hall–Kier alpha value is -1.46. The van der Waals surface area contributed by atoms with Gasteiger partial charge in [0.25, 0.3) is 0 Å². The molecule has 3 rings (SSSR count). The summed E-state index contributed by atoms with van der Waals surface area (Å²) in [6, 6.07) is 5.76. The third-order valence-electron chi connectivity index (χ3n) is 4.22. The normalized spacial score (nSPS) is 23.0. The van der Waals surface area contributed by atoms with Crippen LogP contribution in [-0.2, 0) is 0 Å². The molecule has 2 N–H and O–H groups in total. The van der Waals surface area contributed by atoms with Crippen molar-refractivity contribution in [1.82, 2.24) is 4.90 Å². The van der Waals surface area contributed by atoms with Gasteiger partial charge in [0.15, 0.2) is 11.5 Å². The Bertz CT molecular complexity index is 473. The highest BCUT2D eigenvalue weighted by Crippen LogP contribution is 2.35. The lowest BCUT2D eigenvalue weighted by molar-refractivity contribution is 0.0958. The molecule has 0 aliphatic carbocycles. The zero-order valence-electron chi connectivity index (χ0n) is 12.6. The van der Waals surface area contributed by atoms with Crippen molar-refractivity contribution in [2.75, 3.05) is 39.9 Å². The highest BCUT2D eigenvalue weighted by Gasteiger charge is 2.21. The molecule has 2 heterocycles. The van der Waals surface area contributed by atoms with Crippen LogP contribution in [0.25, 0.3) is 0 Å². The first-order valence-corrected chi connectivity index (χ1v) is 7.69. The maximum absolute atomic E-state index is 5.93. The van der Waals surface area contributed by atoms with Crippen LogP contribution in [0.3, 0.4) is 0 Å². The Morgan fingerprint density at radius 1 is 1.29 bits per heavy atom. The number of ether oxygens (including phenoxy) is 3. The minimum Gasteiger partial charge on any atom is -0.493 e. The zero-order valence-corrected chi connectivity index (χ0v) is 12.6. The number of benzene rings is 1. The summed E-state index contributed by atoms with van der Waals surface area (Å²) >= 11 is 0. The van der Waals surface area contributed by atoms with Crippen LogP contribution in [0.4, 0.5) is 0 Å². The van der Waals surface area contributed by atoms with Crippen LogP contribution >= 0.6 is 0 Å². The summed E-state index contributed by atoms with van der Waals surface area (Å²) in [5, 5.41) is 0. The summed E-state index contributed by atoms with van der Waals surface area (Å²) in [5.74, 6) is 2.99. The lowest BCUT2D eigenvalue weighted by Crippen LogP contribution is -2.35. The molecule has 1 saturated heterocycles. The van der Waals surface area contributed by atoms with E-state index in [1.165, 1.54) is 12.8 Å². The van der Waals surface area contributed by atoms with Crippen LogP contribution < -0.4 is 19.9 Å². The molecule has 0 radical (unpaired) electrons. The number of piperidine rings is 1. The van der Waals surface area contributed by atoms with Gasteiger partial charge in [-0.1, -0.05) is 0 Å². The topological polar surface area (TPSA) is 57.0 Å². The minimum atomic E-state index is -0.0679. The SMILES string of the molecule is CN1CCC(COc2ccc3c(c2)O[C@H](CN)CO3)CC1. The summed E-state index contributed by atoms with van der Waals surface area (Å²) in [4.78, 5) is 2.37. The molecule has 0 saturated carbocycles. The van der Waals surface area contributed by atoms with E-state index >= 15 is 0 Å². The van der Waals surface area contributed by atoms with Crippen LogP contribution in [0.5, 0.6) is 17.2 Å². The summed E-state index contributed by atoms with van der Waals surface area (Å²) < 4.78 is 17.3. The fourth-order valence-corrected chi connectivity index (χ4v) is 2.74. The molecule has 1 aromatic rings. The lowest BCUT2D eigenvalue weighted by Gasteiger charge is -2.29. The summed E-state index contributed by atoms with van der Waals surface area (Å²) in [5.41, 5.74) is 5.63. The molecule has 2 aliphatic heterocycles. The van der Waals surface area contributed by atoms with Crippen molar-refractivity contribution >= 4 is 0 Å². The van der Waals surface area contributed by atoms with Crippen molar-refractivity contribution in [3.63, 3.8) is 0 Å². The second-order valence-corrected chi connectivity index (χ2v) is 5.95. The van der Waals surface area contributed by atoms with Crippen molar-refractivity contribution in [2.45, 2.75) is 18.9 Å². The number of nitrogens with zero attached hydrogens (tertiary/aromatic N) is 1. The predicted molar refractivity (Wildman–Crippen MR) is 81.1 cm³/mol. The lowest BCUT2D eigenvalue weighted by atomic mass is 9.98. The number of hydrogen-bond donors (Lipinski definition) is 1. The van der Waals surface area contributed by atoms with Crippen LogP contribution in [0.2, 0.25) is 0 Å². The van der Waals surface area contributed by atoms with Crippen molar-refractivity contribution in [2.24, 2.45) is 11.7 Å². The van der Waals surface area contributed by atoms with Gasteiger partial charge in [0.05, 0.1) is 6.61 Å². The Morgan fingerprint density at radius 2 is 2.10 bits per heavy atom. The van der Waals surface area contributed by atoms with Crippen molar-refractivity contribution in [3.05, 3.63) is 18.2 Å². The van der Waals surface area contributed by atoms with Gasteiger partial charge in [-0.3, -0.25) is 0 Å². The largest absolute Gasteiger partial charge is 0.493 e. The highest BCUT2D eigenvalue weighted by atomic mass is 16.6. The van der Waals surface area contributed by atoms with E-state index in [0.29, 0.717) is 19.1 Å². The molecule has 5 nitrogen and oxygen atoms in total. The number of likely N-dealkylation sites (tertiary alicyclic amines) is 1. The first-order chi connectivity index (χ1) is 10.2. The summed E-state index contributed by atoms with van der Waals surface area (Å²) in [7, 11) is 2.17. The van der Waals surface area contributed by atoms with Gasteiger partial charge in [-0.05, 0) is 51.0 Å². The smallest absolute Gasteiger partial charge is 0.165 e. The first-order valence-electron chi connectivity index (χ1n) is 7.69. The van der Waals surface area contributed by atoms with E-state index in [1.807, 2.05) is 18.2 Å². The van der Waals surface area contributed by atoms with Crippen molar-refractivity contribution in [3.8, 4) is 17.2 Å². The van der Waals surface area contributed by atoms with E-state index in [9.17, 15) is 0 Å². The van der Waals surface area contributed by atoms with Crippen LogP contribution in [0, 0.1) is 5.92 Å². The molecule has 5 heteroatoms. The molecule has 0 aromatic heterocycles. The number of fused-ring (bicyclic) bond motifs is 1. The quantitative estimate of drug-likeness (QED) is 0.911.